The molecule has 0 radical (unpaired) electrons. The van der Waals surface area contributed by atoms with Gasteiger partial charge in [-0.05, 0) is 59.3 Å². The number of nitrogens with one attached hydrogen (secondary N) is 1. The molecule has 0 bridgehead atoms. The number of anilines is 4. The Labute approximate surface area is 213 Å². The summed E-state index contributed by atoms with van der Waals surface area (Å²) in [6, 6.07) is 29.4. The number of hydrogen-bond acceptors (Lipinski definition) is 6. The predicted molar refractivity (Wildman–Crippen MR) is 146 cm³/mol. The maximum absolute atomic E-state index is 6.34. The molecule has 0 fully saturated rings. The molecule has 1 heterocycles. The van der Waals surface area contributed by atoms with Gasteiger partial charge in [0.1, 0.15) is 0 Å². The fraction of sp³-hybridized carbons (Fsp3) is 0.0357. The SMILES string of the molecule is C=Cc1ccc(Nc2nc(Cl)nc(N(N=Nc3ccccc3C)c3cccc4ccccc34)n2)cc1. The minimum absolute atomic E-state index is 0.0292. The van der Waals surface area contributed by atoms with Gasteiger partial charge in [-0.2, -0.15) is 20.0 Å². The number of hydrogen-bond donors (Lipinski definition) is 1. The quantitative estimate of drug-likeness (QED) is 0.183. The molecule has 0 unspecified atom stereocenters. The highest BCUT2D eigenvalue weighted by molar-refractivity contribution is 6.28. The zero-order valence-electron chi connectivity index (χ0n) is 19.5. The average Bonchev–Trinajstić information content (AvgIpc) is 2.90. The van der Waals surface area contributed by atoms with Crippen LogP contribution in [0.25, 0.3) is 16.8 Å². The monoisotopic (exact) mass is 491 g/mol. The van der Waals surface area contributed by atoms with E-state index in [1.165, 1.54) is 0 Å². The van der Waals surface area contributed by atoms with Crippen molar-refractivity contribution in [1.29, 1.82) is 0 Å². The highest BCUT2D eigenvalue weighted by Crippen LogP contribution is 2.33. The number of halogens is 1. The molecule has 5 rings (SSSR count). The Morgan fingerprint density at radius 3 is 2.42 bits per heavy atom. The van der Waals surface area contributed by atoms with Crippen LogP contribution < -0.4 is 10.3 Å². The summed E-state index contributed by atoms with van der Waals surface area (Å²) in [5.74, 6) is 0.515. The van der Waals surface area contributed by atoms with Gasteiger partial charge >= 0.3 is 0 Å². The first-order chi connectivity index (χ1) is 17.6. The molecule has 4 aromatic carbocycles. The molecule has 0 spiro atoms. The van der Waals surface area contributed by atoms with Gasteiger partial charge in [0.2, 0.25) is 11.2 Å². The maximum Gasteiger partial charge on any atom is 0.258 e. The molecular formula is C28H22ClN7. The Balaban J connectivity index is 1.60. The average molecular weight is 492 g/mol. The van der Waals surface area contributed by atoms with E-state index in [9.17, 15) is 0 Å². The first kappa shape index (κ1) is 23.1. The molecule has 8 heteroatoms. The van der Waals surface area contributed by atoms with Crippen LogP contribution in [0.2, 0.25) is 5.28 Å². The van der Waals surface area contributed by atoms with Crippen molar-refractivity contribution >= 4 is 57.4 Å². The van der Waals surface area contributed by atoms with Crippen molar-refractivity contribution in [2.45, 2.75) is 6.92 Å². The Kier molecular flexibility index (Phi) is 6.64. The second-order valence-corrected chi connectivity index (χ2v) is 8.30. The molecule has 0 saturated heterocycles. The second-order valence-electron chi connectivity index (χ2n) is 7.97. The van der Waals surface area contributed by atoms with Gasteiger partial charge in [-0.3, -0.25) is 0 Å². The summed E-state index contributed by atoms with van der Waals surface area (Å²) in [5, 5.41) is 15.9. The van der Waals surface area contributed by atoms with Gasteiger partial charge in [-0.15, -0.1) is 5.11 Å². The third-order valence-electron chi connectivity index (χ3n) is 5.54. The zero-order valence-corrected chi connectivity index (χ0v) is 20.3. The normalized spacial score (nSPS) is 11.1. The molecule has 0 aliphatic heterocycles. The molecule has 0 aliphatic rings. The van der Waals surface area contributed by atoms with Crippen molar-refractivity contribution < 1.29 is 0 Å². The van der Waals surface area contributed by atoms with Crippen molar-refractivity contribution in [3.8, 4) is 0 Å². The fourth-order valence-electron chi connectivity index (χ4n) is 3.68. The van der Waals surface area contributed by atoms with Gasteiger partial charge in [0.25, 0.3) is 5.95 Å². The van der Waals surface area contributed by atoms with Crippen molar-refractivity contribution in [3.05, 3.63) is 114 Å². The van der Waals surface area contributed by atoms with Gasteiger partial charge in [0, 0.05) is 11.1 Å². The lowest BCUT2D eigenvalue weighted by atomic mass is 10.1. The van der Waals surface area contributed by atoms with E-state index in [2.05, 4.69) is 37.2 Å². The number of fused-ring (bicyclic) bond motifs is 1. The predicted octanol–water partition coefficient (Wildman–Crippen LogP) is 8.21. The molecule has 0 amide bonds. The summed E-state index contributed by atoms with van der Waals surface area (Å²) in [5.41, 5.74) is 4.30. The first-order valence-corrected chi connectivity index (χ1v) is 11.6. The van der Waals surface area contributed by atoms with Crippen LogP contribution in [-0.4, -0.2) is 15.0 Å². The van der Waals surface area contributed by atoms with Crippen LogP contribution in [0.3, 0.4) is 0 Å². The molecule has 5 aromatic rings. The summed E-state index contributed by atoms with van der Waals surface area (Å²) in [6.45, 7) is 5.77. The maximum atomic E-state index is 6.34. The highest BCUT2D eigenvalue weighted by Gasteiger charge is 2.18. The Bertz CT molecular complexity index is 1560. The van der Waals surface area contributed by atoms with Gasteiger partial charge in [0.15, 0.2) is 0 Å². The molecular weight excluding hydrogens is 470 g/mol. The fourth-order valence-corrected chi connectivity index (χ4v) is 3.83. The summed E-state index contributed by atoms with van der Waals surface area (Å²) < 4.78 is 0. The minimum atomic E-state index is 0.0292. The number of rotatable bonds is 7. The van der Waals surface area contributed by atoms with Crippen LogP contribution in [0.15, 0.2) is 108 Å². The molecule has 36 heavy (non-hydrogen) atoms. The van der Waals surface area contributed by atoms with Gasteiger partial charge in [0.05, 0.1) is 11.4 Å². The Morgan fingerprint density at radius 2 is 1.61 bits per heavy atom. The summed E-state index contributed by atoms with van der Waals surface area (Å²) in [7, 11) is 0. The van der Waals surface area contributed by atoms with Crippen LogP contribution in [0.1, 0.15) is 11.1 Å². The summed E-state index contributed by atoms with van der Waals surface area (Å²) in [6.07, 6.45) is 1.78. The molecule has 0 saturated carbocycles. The third-order valence-corrected chi connectivity index (χ3v) is 5.71. The molecule has 176 valence electrons. The second kappa shape index (κ2) is 10.3. The van der Waals surface area contributed by atoms with Crippen molar-refractivity contribution in [2.75, 3.05) is 10.3 Å². The lowest BCUT2D eigenvalue weighted by Crippen LogP contribution is -2.14. The van der Waals surface area contributed by atoms with Crippen molar-refractivity contribution in [1.82, 2.24) is 15.0 Å². The molecule has 0 aliphatic carbocycles. The van der Waals surface area contributed by atoms with E-state index in [0.717, 1.165) is 39.0 Å². The minimum Gasteiger partial charge on any atom is -0.324 e. The molecule has 7 nitrogen and oxygen atoms in total. The van der Waals surface area contributed by atoms with E-state index in [1.54, 1.807) is 11.1 Å². The van der Waals surface area contributed by atoms with E-state index in [-0.39, 0.29) is 17.2 Å². The smallest absolute Gasteiger partial charge is 0.258 e. The number of benzene rings is 4. The third kappa shape index (κ3) is 5.06. The van der Waals surface area contributed by atoms with E-state index in [0.29, 0.717) is 0 Å². The lowest BCUT2D eigenvalue weighted by Gasteiger charge is -2.18. The first-order valence-electron chi connectivity index (χ1n) is 11.3. The van der Waals surface area contributed by atoms with Gasteiger partial charge in [-0.25, -0.2) is 0 Å². The van der Waals surface area contributed by atoms with Crippen molar-refractivity contribution in [2.24, 2.45) is 10.3 Å². The molecule has 1 N–H and O–H groups in total. The summed E-state index contributed by atoms with van der Waals surface area (Å²) in [4.78, 5) is 13.3. The summed E-state index contributed by atoms with van der Waals surface area (Å²) >= 11 is 6.34. The Hall–Kier alpha value is -4.62. The highest BCUT2D eigenvalue weighted by atomic mass is 35.5. The molecule has 0 atom stereocenters. The standard InChI is InChI=1S/C28H22ClN7/c1-3-20-15-17-22(18-16-20)30-27-31-26(29)32-28(33-27)36(35-34-24-13-7-4-9-19(24)2)25-14-8-11-21-10-5-6-12-23(21)25/h3-18H,1H2,2H3,(H,30,31,32,33). The van der Waals surface area contributed by atoms with E-state index in [1.807, 2.05) is 97.9 Å². The van der Waals surface area contributed by atoms with Crippen LogP contribution in [-0.2, 0) is 0 Å². The van der Waals surface area contributed by atoms with Crippen LogP contribution >= 0.6 is 11.6 Å². The topological polar surface area (TPSA) is 78.7 Å². The van der Waals surface area contributed by atoms with E-state index >= 15 is 0 Å². The lowest BCUT2D eigenvalue weighted by molar-refractivity contribution is 0.899. The largest absolute Gasteiger partial charge is 0.324 e. The number of aromatic nitrogens is 3. The van der Waals surface area contributed by atoms with Gasteiger partial charge in [-0.1, -0.05) is 84.6 Å². The van der Waals surface area contributed by atoms with Crippen LogP contribution in [0.5, 0.6) is 0 Å². The zero-order chi connectivity index (χ0) is 24.9. The number of nitrogens with zero attached hydrogens (tertiary/aromatic N) is 6. The Morgan fingerprint density at radius 1 is 0.861 bits per heavy atom. The van der Waals surface area contributed by atoms with E-state index < -0.39 is 0 Å². The molecule has 1 aromatic heterocycles. The van der Waals surface area contributed by atoms with Crippen LogP contribution in [0, 0.1) is 6.92 Å². The van der Waals surface area contributed by atoms with E-state index in [4.69, 9.17) is 11.6 Å². The number of aryl methyl sites for hydroxylation is 1. The van der Waals surface area contributed by atoms with Crippen molar-refractivity contribution in [3.63, 3.8) is 0 Å². The van der Waals surface area contributed by atoms with Crippen LogP contribution in [0.4, 0.5) is 29.0 Å². The van der Waals surface area contributed by atoms with Gasteiger partial charge < -0.3 is 5.32 Å².